The zero-order valence-corrected chi connectivity index (χ0v) is 12.8. The maximum atomic E-state index is 14.0. The van der Waals surface area contributed by atoms with Gasteiger partial charge in [0.15, 0.2) is 11.7 Å². The van der Waals surface area contributed by atoms with Crippen molar-refractivity contribution in [1.82, 2.24) is 4.90 Å². The Labute approximate surface area is 136 Å². The molecule has 3 rings (SSSR count). The number of nitrogens with zero attached hydrogens (tertiary/aromatic N) is 2. The number of urea groups is 1. The fraction of sp³-hybridized carbons (Fsp3) is 0.375. The van der Waals surface area contributed by atoms with Gasteiger partial charge in [-0.3, -0.25) is 19.3 Å². The summed E-state index contributed by atoms with van der Waals surface area (Å²) in [6.07, 6.45) is 1.62. The number of hydrogen-bond acceptors (Lipinski definition) is 4. The van der Waals surface area contributed by atoms with Crippen LogP contribution < -0.4 is 4.90 Å². The van der Waals surface area contributed by atoms with Crippen molar-refractivity contribution in [3.8, 4) is 0 Å². The van der Waals surface area contributed by atoms with E-state index in [1.54, 1.807) is 0 Å². The molecule has 1 unspecified atom stereocenters. The molecule has 0 spiro atoms. The van der Waals surface area contributed by atoms with Gasteiger partial charge in [-0.2, -0.15) is 0 Å². The molecule has 1 heterocycles. The highest BCUT2D eigenvalue weighted by Gasteiger charge is 2.50. The van der Waals surface area contributed by atoms with Crippen molar-refractivity contribution in [2.45, 2.75) is 19.8 Å². The molecule has 2 aliphatic rings. The van der Waals surface area contributed by atoms with E-state index in [2.05, 4.69) is 0 Å². The molecule has 1 aliphatic carbocycles. The summed E-state index contributed by atoms with van der Waals surface area (Å²) < 4.78 is 28.1. The van der Waals surface area contributed by atoms with Gasteiger partial charge in [-0.25, -0.2) is 18.5 Å². The molecule has 0 aromatic heterocycles. The van der Waals surface area contributed by atoms with Gasteiger partial charge in [0.25, 0.3) is 11.8 Å². The van der Waals surface area contributed by atoms with Crippen molar-refractivity contribution in [2.24, 2.45) is 11.8 Å². The highest BCUT2D eigenvalue weighted by atomic mass is 19.1. The fourth-order valence-corrected chi connectivity index (χ4v) is 2.68. The van der Waals surface area contributed by atoms with Crippen LogP contribution in [-0.2, 0) is 14.4 Å². The average molecular weight is 336 g/mol. The van der Waals surface area contributed by atoms with Crippen LogP contribution >= 0.6 is 0 Å². The number of barbiturate groups is 1. The summed E-state index contributed by atoms with van der Waals surface area (Å²) in [6, 6.07) is 1.74. The number of carbonyl (C=O) groups excluding carboxylic acids is 4. The molecule has 1 saturated heterocycles. The van der Waals surface area contributed by atoms with E-state index in [0.29, 0.717) is 0 Å². The van der Waals surface area contributed by atoms with Crippen LogP contribution in [0, 0.1) is 23.5 Å². The van der Waals surface area contributed by atoms with Crippen LogP contribution in [-0.4, -0.2) is 35.1 Å². The van der Waals surface area contributed by atoms with Crippen LogP contribution in [0.4, 0.5) is 19.3 Å². The molecule has 0 radical (unpaired) electrons. The summed E-state index contributed by atoms with van der Waals surface area (Å²) in [5, 5.41) is 0. The minimum atomic E-state index is -1.76. The third kappa shape index (κ3) is 2.57. The minimum Gasteiger partial charge on any atom is -0.299 e. The number of halogens is 2. The number of Topliss-reactive ketones (excluding diaryl/α,β-unsaturated/α-hetero) is 1. The van der Waals surface area contributed by atoms with E-state index in [1.807, 2.05) is 0 Å². The van der Waals surface area contributed by atoms with Gasteiger partial charge in [0.1, 0.15) is 17.3 Å². The second-order valence-electron chi connectivity index (χ2n) is 5.96. The summed E-state index contributed by atoms with van der Waals surface area (Å²) in [5.74, 6) is -6.86. The van der Waals surface area contributed by atoms with Gasteiger partial charge in [0.2, 0.25) is 0 Å². The number of anilines is 1. The normalized spacial score (nSPS) is 21.5. The van der Waals surface area contributed by atoms with Crippen molar-refractivity contribution in [3.05, 3.63) is 29.8 Å². The Kier molecular flexibility index (Phi) is 3.90. The number of amides is 4. The van der Waals surface area contributed by atoms with Crippen LogP contribution in [0.1, 0.15) is 19.8 Å². The highest BCUT2D eigenvalue weighted by molar-refractivity contribution is 6.34. The van der Waals surface area contributed by atoms with Gasteiger partial charge in [0.05, 0.1) is 0 Å². The van der Waals surface area contributed by atoms with Gasteiger partial charge in [-0.05, 0) is 37.8 Å². The smallest absolute Gasteiger partial charge is 0.299 e. The SMILES string of the molecule is CC(=O)C1C(=O)N(CC2CC2)C(=O)N(c2c(F)cccc2F)C1=O. The van der Waals surface area contributed by atoms with Crippen LogP contribution in [0.3, 0.4) is 0 Å². The van der Waals surface area contributed by atoms with Crippen molar-refractivity contribution in [2.75, 3.05) is 11.4 Å². The molecule has 4 amide bonds. The van der Waals surface area contributed by atoms with Gasteiger partial charge >= 0.3 is 6.03 Å². The fourth-order valence-electron chi connectivity index (χ4n) is 2.68. The summed E-state index contributed by atoms with van der Waals surface area (Å²) in [6.45, 7) is 1.06. The van der Waals surface area contributed by atoms with Crippen LogP contribution in [0.5, 0.6) is 0 Å². The summed E-state index contributed by atoms with van der Waals surface area (Å²) in [5.41, 5.74) is -0.868. The Morgan fingerprint density at radius 1 is 1.12 bits per heavy atom. The molecule has 24 heavy (non-hydrogen) atoms. The van der Waals surface area contributed by atoms with Crippen molar-refractivity contribution < 1.29 is 28.0 Å². The third-order valence-electron chi connectivity index (χ3n) is 4.11. The van der Waals surface area contributed by atoms with Crippen LogP contribution in [0.15, 0.2) is 18.2 Å². The molecule has 0 N–H and O–H groups in total. The maximum Gasteiger partial charge on any atom is 0.338 e. The Bertz CT molecular complexity index is 740. The molecule has 1 atom stereocenters. The summed E-state index contributed by atoms with van der Waals surface area (Å²) in [7, 11) is 0. The summed E-state index contributed by atoms with van der Waals surface area (Å²) in [4.78, 5) is 50.1. The lowest BCUT2D eigenvalue weighted by Crippen LogP contribution is -2.62. The number of rotatable bonds is 4. The van der Waals surface area contributed by atoms with E-state index in [4.69, 9.17) is 0 Å². The quantitative estimate of drug-likeness (QED) is 0.787. The zero-order valence-electron chi connectivity index (χ0n) is 12.8. The molecular weight excluding hydrogens is 322 g/mol. The standard InChI is InChI=1S/C16H14F2N2O4/c1-8(21)12-14(22)19(7-9-5-6-9)16(24)20(15(12)23)13-10(17)3-2-4-11(13)18/h2-4,9,12H,5-7H2,1H3. The third-order valence-corrected chi connectivity index (χ3v) is 4.11. The lowest BCUT2D eigenvalue weighted by Gasteiger charge is -2.36. The molecule has 1 aromatic carbocycles. The first-order valence-corrected chi connectivity index (χ1v) is 7.46. The van der Waals surface area contributed by atoms with Gasteiger partial charge in [-0.1, -0.05) is 6.07 Å². The molecule has 1 aromatic rings. The van der Waals surface area contributed by atoms with E-state index >= 15 is 0 Å². The molecule has 1 saturated carbocycles. The number of hydrogen-bond donors (Lipinski definition) is 0. The van der Waals surface area contributed by atoms with E-state index in [-0.39, 0.29) is 17.4 Å². The topological polar surface area (TPSA) is 74.8 Å². The van der Waals surface area contributed by atoms with E-state index in [1.165, 1.54) is 0 Å². The van der Waals surface area contributed by atoms with Gasteiger partial charge in [-0.15, -0.1) is 0 Å². The molecule has 126 valence electrons. The van der Waals surface area contributed by atoms with Gasteiger partial charge < -0.3 is 0 Å². The molecule has 2 fully saturated rings. The molecule has 8 heteroatoms. The molecule has 6 nitrogen and oxygen atoms in total. The molecular formula is C16H14F2N2O4. The number of ketones is 1. The predicted octanol–water partition coefficient (Wildman–Crippen LogP) is 1.88. The first kappa shape index (κ1) is 16.2. The minimum absolute atomic E-state index is 0.0291. The lowest BCUT2D eigenvalue weighted by atomic mass is 9.98. The van der Waals surface area contributed by atoms with E-state index < -0.39 is 46.9 Å². The highest BCUT2D eigenvalue weighted by Crippen LogP contribution is 2.34. The second kappa shape index (κ2) is 5.77. The van der Waals surface area contributed by atoms with E-state index in [9.17, 15) is 28.0 Å². The Morgan fingerprint density at radius 2 is 1.71 bits per heavy atom. The molecule has 1 aliphatic heterocycles. The van der Waals surface area contributed by atoms with Crippen LogP contribution in [0.25, 0.3) is 0 Å². The maximum absolute atomic E-state index is 14.0. The zero-order chi connectivity index (χ0) is 17.6. The Hall–Kier alpha value is -2.64. The summed E-state index contributed by atoms with van der Waals surface area (Å²) >= 11 is 0. The number of benzene rings is 1. The number of imide groups is 2. The van der Waals surface area contributed by atoms with Crippen LogP contribution in [0.2, 0.25) is 0 Å². The first-order valence-electron chi connectivity index (χ1n) is 7.46. The predicted molar refractivity (Wildman–Crippen MR) is 77.8 cm³/mol. The second-order valence-corrected chi connectivity index (χ2v) is 5.96. The van der Waals surface area contributed by atoms with Crippen molar-refractivity contribution >= 4 is 29.3 Å². The lowest BCUT2D eigenvalue weighted by molar-refractivity contribution is -0.145. The Morgan fingerprint density at radius 3 is 2.21 bits per heavy atom. The van der Waals surface area contributed by atoms with Crippen molar-refractivity contribution in [3.63, 3.8) is 0 Å². The van der Waals surface area contributed by atoms with Crippen molar-refractivity contribution in [1.29, 1.82) is 0 Å². The monoisotopic (exact) mass is 336 g/mol. The first-order chi connectivity index (χ1) is 11.3. The number of para-hydroxylation sites is 1. The largest absolute Gasteiger partial charge is 0.338 e. The Balaban J connectivity index is 2.09. The average Bonchev–Trinajstić information content (AvgIpc) is 3.30. The molecule has 0 bridgehead atoms. The van der Waals surface area contributed by atoms with Gasteiger partial charge in [0, 0.05) is 6.54 Å². The number of carbonyl (C=O) groups is 4. The van der Waals surface area contributed by atoms with E-state index in [0.717, 1.165) is 42.9 Å².